The molecule has 3 N–H and O–H groups in total. The monoisotopic (exact) mass is 406 g/mol. The number of amides is 1. The number of rotatable bonds is 6. The molecule has 0 bridgehead atoms. The number of fused-ring (bicyclic) bond motifs is 1. The highest BCUT2D eigenvalue weighted by Gasteiger charge is 2.31. The van der Waals surface area contributed by atoms with Gasteiger partial charge >= 0.3 is 12.0 Å². The van der Waals surface area contributed by atoms with Gasteiger partial charge in [0, 0.05) is 28.8 Å². The number of ether oxygens (including phenoxy) is 1. The molecular formula is C20H17F3N2O4. The molecule has 6 nitrogen and oxygen atoms in total. The van der Waals surface area contributed by atoms with Crippen LogP contribution in [0.25, 0.3) is 22.1 Å². The summed E-state index contributed by atoms with van der Waals surface area (Å²) in [5, 5.41) is 3.20. The molecule has 0 aliphatic heterocycles. The molecule has 0 saturated heterocycles. The van der Waals surface area contributed by atoms with E-state index in [9.17, 15) is 22.8 Å². The van der Waals surface area contributed by atoms with Crippen LogP contribution in [0.1, 0.15) is 5.56 Å². The maximum Gasteiger partial charge on any atom is 0.522 e. The molecule has 0 radical (unpaired) electrons. The van der Waals surface area contributed by atoms with Crippen LogP contribution in [0, 0.1) is 6.92 Å². The van der Waals surface area contributed by atoms with Crippen molar-refractivity contribution in [3.8, 4) is 11.1 Å². The average Bonchev–Trinajstić information content (AvgIpc) is 2.63. The first-order valence-electron chi connectivity index (χ1n) is 8.54. The molecule has 3 rings (SSSR count). The van der Waals surface area contributed by atoms with E-state index in [0.717, 1.165) is 11.1 Å². The van der Waals surface area contributed by atoms with Gasteiger partial charge in [0.25, 0.3) is 0 Å². The van der Waals surface area contributed by atoms with Crippen molar-refractivity contribution in [3.63, 3.8) is 0 Å². The lowest BCUT2D eigenvalue weighted by Crippen LogP contribution is -2.40. The van der Waals surface area contributed by atoms with E-state index >= 15 is 0 Å². The molecule has 0 unspecified atom stereocenters. The smallest absolute Gasteiger partial charge is 0.423 e. The Balaban J connectivity index is 1.97. The van der Waals surface area contributed by atoms with E-state index in [0.29, 0.717) is 10.9 Å². The Kier molecular flexibility index (Phi) is 5.60. The van der Waals surface area contributed by atoms with Gasteiger partial charge in [0.15, 0.2) is 0 Å². The van der Waals surface area contributed by atoms with E-state index in [1.54, 1.807) is 12.1 Å². The zero-order valence-corrected chi connectivity index (χ0v) is 15.2. The highest BCUT2D eigenvalue weighted by atomic mass is 19.4. The number of carbonyl (C=O) groups is 1. The Hall–Kier alpha value is -3.33. The Morgan fingerprint density at radius 2 is 1.90 bits per heavy atom. The number of hydrogen-bond acceptors (Lipinski definition) is 5. The summed E-state index contributed by atoms with van der Waals surface area (Å²) in [5.41, 5.74) is 7.48. The van der Waals surface area contributed by atoms with Crippen LogP contribution in [0.2, 0.25) is 0 Å². The van der Waals surface area contributed by atoms with Crippen LogP contribution < -0.4 is 16.7 Å². The van der Waals surface area contributed by atoms with E-state index in [1.165, 1.54) is 12.1 Å². The van der Waals surface area contributed by atoms with Crippen LogP contribution in [0.3, 0.4) is 0 Å². The summed E-state index contributed by atoms with van der Waals surface area (Å²) in [6.45, 7) is 0.911. The van der Waals surface area contributed by atoms with Gasteiger partial charge in [0.2, 0.25) is 5.91 Å². The van der Waals surface area contributed by atoms with Crippen molar-refractivity contribution in [2.45, 2.75) is 19.3 Å². The van der Waals surface area contributed by atoms with E-state index in [2.05, 4.69) is 10.1 Å². The second-order valence-corrected chi connectivity index (χ2v) is 6.36. The molecule has 0 spiro atoms. The lowest BCUT2D eigenvalue weighted by molar-refractivity contribution is -0.324. The third kappa shape index (κ3) is 4.94. The maximum absolute atomic E-state index is 12.3. The van der Waals surface area contributed by atoms with E-state index in [-0.39, 0.29) is 11.3 Å². The zero-order valence-electron chi connectivity index (χ0n) is 15.2. The van der Waals surface area contributed by atoms with Gasteiger partial charge < -0.3 is 15.5 Å². The van der Waals surface area contributed by atoms with Crippen molar-refractivity contribution in [1.82, 2.24) is 0 Å². The van der Waals surface area contributed by atoms with Crippen LogP contribution in [0.15, 0.2) is 57.7 Å². The molecule has 2 aromatic carbocycles. The van der Waals surface area contributed by atoms with Gasteiger partial charge in [-0.2, -0.15) is 0 Å². The van der Waals surface area contributed by atoms with Crippen molar-refractivity contribution in [3.05, 3.63) is 64.5 Å². The number of hydrogen-bond donors (Lipinski definition) is 2. The van der Waals surface area contributed by atoms with Crippen molar-refractivity contribution < 1.29 is 27.1 Å². The van der Waals surface area contributed by atoms with E-state index in [4.69, 9.17) is 10.2 Å². The van der Waals surface area contributed by atoms with Crippen LogP contribution in [-0.4, -0.2) is 24.9 Å². The van der Waals surface area contributed by atoms with Gasteiger partial charge in [-0.05, 0) is 30.2 Å². The van der Waals surface area contributed by atoms with Gasteiger partial charge in [-0.1, -0.05) is 24.3 Å². The highest BCUT2D eigenvalue weighted by Crippen LogP contribution is 2.31. The van der Waals surface area contributed by atoms with Crippen LogP contribution >= 0.6 is 0 Å². The number of anilines is 1. The third-order valence-corrected chi connectivity index (χ3v) is 4.28. The van der Waals surface area contributed by atoms with Crippen molar-refractivity contribution in [2.24, 2.45) is 5.73 Å². The molecule has 1 atom stereocenters. The van der Waals surface area contributed by atoms with Crippen LogP contribution in [0.4, 0.5) is 18.9 Å². The molecule has 1 aromatic heterocycles. The molecule has 0 saturated carbocycles. The number of primary amides is 1. The quantitative estimate of drug-likeness (QED) is 0.611. The number of benzene rings is 2. The molecule has 1 amide bonds. The fraction of sp³-hybridized carbons (Fsp3) is 0.200. The normalized spacial score (nSPS) is 12.7. The summed E-state index contributed by atoms with van der Waals surface area (Å²) in [4.78, 5) is 23.5. The number of aryl methyl sites for hydroxylation is 1. The molecule has 0 fully saturated rings. The van der Waals surface area contributed by atoms with Crippen molar-refractivity contribution in [1.29, 1.82) is 0 Å². The third-order valence-electron chi connectivity index (χ3n) is 4.28. The predicted octanol–water partition coefficient (Wildman–Crippen LogP) is 3.57. The first-order chi connectivity index (χ1) is 13.6. The topological polar surface area (TPSA) is 94.6 Å². The maximum atomic E-state index is 12.3. The molecular weight excluding hydrogens is 389 g/mol. The summed E-state index contributed by atoms with van der Waals surface area (Å²) in [6.07, 6.45) is -4.89. The van der Waals surface area contributed by atoms with E-state index < -0.39 is 30.5 Å². The lowest BCUT2D eigenvalue weighted by Gasteiger charge is -2.18. The fourth-order valence-electron chi connectivity index (χ4n) is 2.92. The number of halogens is 3. The van der Waals surface area contributed by atoms with E-state index in [1.807, 2.05) is 31.2 Å². The number of nitrogens with two attached hydrogens (primary N) is 1. The number of alkyl halides is 3. The summed E-state index contributed by atoms with van der Waals surface area (Å²) in [5.74, 6) is -1.02. The highest BCUT2D eigenvalue weighted by molar-refractivity contribution is 5.95. The van der Waals surface area contributed by atoms with Gasteiger partial charge in [-0.25, -0.2) is 4.79 Å². The Bertz CT molecular complexity index is 1110. The van der Waals surface area contributed by atoms with Gasteiger partial charge in [-0.15, -0.1) is 13.2 Å². The fourth-order valence-corrected chi connectivity index (χ4v) is 2.92. The summed E-state index contributed by atoms with van der Waals surface area (Å²) >= 11 is 0. The molecule has 0 aliphatic carbocycles. The molecule has 29 heavy (non-hydrogen) atoms. The van der Waals surface area contributed by atoms with Crippen LogP contribution in [0.5, 0.6) is 0 Å². The minimum atomic E-state index is -4.89. The second kappa shape index (κ2) is 7.96. The zero-order chi connectivity index (χ0) is 21.2. The Morgan fingerprint density at radius 1 is 1.17 bits per heavy atom. The molecule has 9 heteroatoms. The standard InChI is InChI=1S/C20H17F3N2O4/c1-11-4-2-3-5-13(11)15-9-18(26)29-17-8-12(6-7-14(15)17)25-16(19(24)27)10-28-20(21,22)23/h2-9,16,25H,10H2,1H3,(H2,24,27)/t16-/m1/s1. The van der Waals surface area contributed by atoms with Gasteiger partial charge in [-0.3, -0.25) is 9.53 Å². The molecule has 3 aromatic rings. The minimum absolute atomic E-state index is 0.209. The SMILES string of the molecule is Cc1ccccc1-c1cc(=O)oc2cc(N[C@H](COC(F)(F)F)C(N)=O)ccc12. The summed E-state index contributed by atoms with van der Waals surface area (Å²) < 4.78 is 45.7. The van der Waals surface area contributed by atoms with Crippen molar-refractivity contribution in [2.75, 3.05) is 11.9 Å². The largest absolute Gasteiger partial charge is 0.522 e. The molecule has 152 valence electrons. The predicted molar refractivity (Wildman–Crippen MR) is 101 cm³/mol. The second-order valence-electron chi connectivity index (χ2n) is 6.36. The molecule has 0 aliphatic rings. The first-order valence-corrected chi connectivity index (χ1v) is 8.54. The first kappa shape index (κ1) is 20.4. The van der Waals surface area contributed by atoms with Gasteiger partial charge in [0.1, 0.15) is 11.6 Å². The average molecular weight is 406 g/mol. The Morgan fingerprint density at radius 3 is 2.55 bits per heavy atom. The van der Waals surface area contributed by atoms with Crippen LogP contribution in [-0.2, 0) is 9.53 Å². The Labute approximate surface area is 163 Å². The summed E-state index contributed by atoms with van der Waals surface area (Å²) in [7, 11) is 0. The molecule has 1 heterocycles. The van der Waals surface area contributed by atoms with Crippen molar-refractivity contribution >= 4 is 22.6 Å². The minimum Gasteiger partial charge on any atom is -0.423 e. The van der Waals surface area contributed by atoms with Gasteiger partial charge in [0.05, 0.1) is 6.61 Å². The number of nitrogens with one attached hydrogen (secondary N) is 1. The lowest BCUT2D eigenvalue weighted by atomic mass is 9.98. The number of carbonyl (C=O) groups excluding carboxylic acids is 1. The summed E-state index contributed by atoms with van der Waals surface area (Å²) in [6, 6.07) is 12.1.